The lowest BCUT2D eigenvalue weighted by Crippen LogP contribution is -1.91. The van der Waals surface area contributed by atoms with E-state index in [2.05, 4.69) is 5.16 Å². The predicted octanol–water partition coefficient (Wildman–Crippen LogP) is 3.84. The van der Waals surface area contributed by atoms with Crippen LogP contribution < -0.4 is 0 Å². The normalized spacial score (nSPS) is 11.5. The fourth-order valence-corrected chi connectivity index (χ4v) is 2.59. The van der Waals surface area contributed by atoms with Gasteiger partial charge in [-0.15, -0.1) is 0 Å². The molecule has 0 fully saturated rings. The van der Waals surface area contributed by atoms with Crippen LogP contribution in [0.1, 0.15) is 16.1 Å². The van der Waals surface area contributed by atoms with E-state index in [0.29, 0.717) is 16.8 Å². The zero-order valence-corrected chi connectivity index (χ0v) is 10.9. The van der Waals surface area contributed by atoms with Crippen LogP contribution in [0.5, 0.6) is 0 Å². The van der Waals surface area contributed by atoms with Crippen LogP contribution in [-0.4, -0.2) is 16.2 Å². The van der Waals surface area contributed by atoms with E-state index in [9.17, 15) is 4.79 Å². The van der Waals surface area contributed by atoms with E-state index < -0.39 is 5.97 Å². The molecule has 6 nitrogen and oxygen atoms in total. The van der Waals surface area contributed by atoms with Crippen LogP contribution >= 0.6 is 0 Å². The van der Waals surface area contributed by atoms with Gasteiger partial charge in [0, 0.05) is 22.4 Å². The number of carboxylic acids is 1. The summed E-state index contributed by atoms with van der Waals surface area (Å²) in [5.41, 5.74) is 3.38. The van der Waals surface area contributed by atoms with E-state index in [1.54, 1.807) is 18.6 Å². The third-order valence-corrected chi connectivity index (χ3v) is 3.55. The summed E-state index contributed by atoms with van der Waals surface area (Å²) in [4.78, 5) is 11.0. The molecule has 4 aromatic rings. The zero-order valence-electron chi connectivity index (χ0n) is 10.9. The second-order valence-electron chi connectivity index (χ2n) is 4.71. The summed E-state index contributed by atoms with van der Waals surface area (Å²) in [6, 6.07) is 5.02. The standard InChI is InChI=1S/C15H9NO5/c1-7-8-2-4-20-14(8)12(9-3-5-19-13(7)9)10-6-11(15(17)18)21-16-10/h2-6H,1H3,(H,17,18). The van der Waals surface area contributed by atoms with Crippen LogP contribution in [0, 0.1) is 6.92 Å². The number of aromatic carboxylic acids is 1. The van der Waals surface area contributed by atoms with Gasteiger partial charge in [0.2, 0.25) is 5.76 Å². The van der Waals surface area contributed by atoms with Crippen LogP contribution in [0.25, 0.3) is 33.2 Å². The molecule has 0 saturated carbocycles. The van der Waals surface area contributed by atoms with Crippen molar-refractivity contribution in [2.45, 2.75) is 6.92 Å². The Balaban J connectivity index is 2.13. The van der Waals surface area contributed by atoms with Gasteiger partial charge in [0.05, 0.1) is 18.1 Å². The molecule has 0 atom stereocenters. The van der Waals surface area contributed by atoms with Crippen LogP contribution in [0.4, 0.5) is 0 Å². The quantitative estimate of drug-likeness (QED) is 0.601. The van der Waals surface area contributed by atoms with Crippen molar-refractivity contribution in [3.05, 3.63) is 42.0 Å². The maximum Gasteiger partial charge on any atom is 0.374 e. The molecule has 0 spiro atoms. The molecule has 0 bridgehead atoms. The number of rotatable bonds is 2. The van der Waals surface area contributed by atoms with Gasteiger partial charge in [-0.3, -0.25) is 0 Å². The third kappa shape index (κ3) is 1.53. The van der Waals surface area contributed by atoms with Crippen LogP contribution in [0.2, 0.25) is 0 Å². The Labute approximate surface area is 117 Å². The Bertz CT molecular complexity index is 936. The van der Waals surface area contributed by atoms with E-state index in [1.165, 1.54) is 6.07 Å². The van der Waals surface area contributed by atoms with E-state index in [1.807, 2.05) is 13.0 Å². The first-order valence-electron chi connectivity index (χ1n) is 6.24. The number of nitrogens with zero attached hydrogens (tertiary/aromatic N) is 1. The van der Waals surface area contributed by atoms with Crippen molar-refractivity contribution in [2.24, 2.45) is 0 Å². The fourth-order valence-electron chi connectivity index (χ4n) is 2.59. The lowest BCUT2D eigenvalue weighted by atomic mass is 10.00. The third-order valence-electron chi connectivity index (χ3n) is 3.55. The van der Waals surface area contributed by atoms with Crippen LogP contribution in [-0.2, 0) is 0 Å². The second-order valence-corrected chi connectivity index (χ2v) is 4.71. The Morgan fingerprint density at radius 3 is 2.57 bits per heavy atom. The Kier molecular flexibility index (Phi) is 2.24. The number of furan rings is 2. The molecule has 1 N–H and O–H groups in total. The van der Waals surface area contributed by atoms with Crippen LogP contribution in [0.3, 0.4) is 0 Å². The molecular weight excluding hydrogens is 274 g/mol. The number of carboxylic acid groups (broad SMARTS) is 1. The van der Waals surface area contributed by atoms with Crippen LogP contribution in [0.15, 0.2) is 44.1 Å². The Morgan fingerprint density at radius 1 is 1.14 bits per heavy atom. The van der Waals surface area contributed by atoms with Crippen molar-refractivity contribution in [3.63, 3.8) is 0 Å². The number of carbonyl (C=O) groups is 1. The molecule has 3 aromatic heterocycles. The summed E-state index contributed by atoms with van der Waals surface area (Å²) in [5.74, 6) is -1.39. The Hall–Kier alpha value is -3.02. The number of fused-ring (bicyclic) bond motifs is 2. The number of hydrogen-bond acceptors (Lipinski definition) is 5. The van der Waals surface area contributed by atoms with E-state index >= 15 is 0 Å². The molecule has 104 valence electrons. The van der Waals surface area contributed by atoms with Gasteiger partial charge in [0.1, 0.15) is 16.9 Å². The first-order valence-corrected chi connectivity index (χ1v) is 6.24. The largest absolute Gasteiger partial charge is 0.475 e. The van der Waals surface area contributed by atoms with Crippen molar-refractivity contribution >= 4 is 27.9 Å². The summed E-state index contributed by atoms with van der Waals surface area (Å²) in [5, 5.41) is 14.5. The van der Waals surface area contributed by atoms with Crippen molar-refractivity contribution in [1.29, 1.82) is 0 Å². The maximum atomic E-state index is 11.0. The van der Waals surface area contributed by atoms with Crippen molar-refractivity contribution in [1.82, 2.24) is 5.16 Å². The highest BCUT2D eigenvalue weighted by molar-refractivity contribution is 6.10. The molecule has 0 saturated heterocycles. The molecular formula is C15H9NO5. The molecule has 21 heavy (non-hydrogen) atoms. The van der Waals surface area contributed by atoms with Gasteiger partial charge in [-0.05, 0) is 19.1 Å². The molecule has 0 amide bonds. The van der Waals surface area contributed by atoms with Gasteiger partial charge in [0.25, 0.3) is 0 Å². The first-order chi connectivity index (χ1) is 10.2. The smallest absolute Gasteiger partial charge is 0.374 e. The highest BCUT2D eigenvalue weighted by Crippen LogP contribution is 2.39. The fraction of sp³-hybridized carbons (Fsp3) is 0.0667. The van der Waals surface area contributed by atoms with Gasteiger partial charge in [-0.1, -0.05) is 5.16 Å². The molecule has 0 aliphatic rings. The predicted molar refractivity (Wildman–Crippen MR) is 73.2 cm³/mol. The van der Waals surface area contributed by atoms with Gasteiger partial charge in [0.15, 0.2) is 0 Å². The van der Waals surface area contributed by atoms with E-state index in [4.69, 9.17) is 18.5 Å². The molecule has 0 radical (unpaired) electrons. The van der Waals surface area contributed by atoms with E-state index in [0.717, 1.165) is 21.9 Å². The highest BCUT2D eigenvalue weighted by atomic mass is 16.5. The summed E-state index contributed by atoms with van der Waals surface area (Å²) < 4.78 is 15.9. The molecule has 6 heteroatoms. The minimum Gasteiger partial charge on any atom is -0.475 e. The molecule has 0 aliphatic carbocycles. The summed E-state index contributed by atoms with van der Waals surface area (Å²) >= 11 is 0. The zero-order chi connectivity index (χ0) is 14.6. The Morgan fingerprint density at radius 2 is 1.86 bits per heavy atom. The monoisotopic (exact) mass is 283 g/mol. The van der Waals surface area contributed by atoms with Crippen molar-refractivity contribution in [2.75, 3.05) is 0 Å². The average molecular weight is 283 g/mol. The molecule has 0 aliphatic heterocycles. The molecule has 4 rings (SSSR count). The lowest BCUT2D eigenvalue weighted by molar-refractivity contribution is 0.0652. The topological polar surface area (TPSA) is 89.6 Å². The average Bonchev–Trinajstić information content (AvgIpc) is 3.19. The van der Waals surface area contributed by atoms with Gasteiger partial charge in [-0.2, -0.15) is 0 Å². The van der Waals surface area contributed by atoms with Gasteiger partial charge < -0.3 is 18.5 Å². The summed E-state index contributed by atoms with van der Waals surface area (Å²) in [7, 11) is 0. The van der Waals surface area contributed by atoms with E-state index in [-0.39, 0.29) is 5.76 Å². The number of hydrogen-bond donors (Lipinski definition) is 1. The molecule has 1 aromatic carbocycles. The number of benzene rings is 1. The number of aryl methyl sites for hydroxylation is 1. The minimum atomic E-state index is -1.17. The SMILES string of the molecule is Cc1c2ccoc2c(-c2cc(C(=O)O)on2)c2ccoc12. The molecule has 0 unspecified atom stereocenters. The molecule has 3 heterocycles. The van der Waals surface area contributed by atoms with Crippen molar-refractivity contribution < 1.29 is 23.3 Å². The lowest BCUT2D eigenvalue weighted by Gasteiger charge is -2.03. The highest BCUT2D eigenvalue weighted by Gasteiger charge is 2.21. The second kappa shape index (κ2) is 3.99. The maximum absolute atomic E-state index is 11.0. The van der Waals surface area contributed by atoms with Crippen molar-refractivity contribution in [3.8, 4) is 11.3 Å². The summed E-state index contributed by atoms with van der Waals surface area (Å²) in [6.07, 6.45) is 3.16. The minimum absolute atomic E-state index is 0.220. The first kappa shape index (κ1) is 11.8. The van der Waals surface area contributed by atoms with Gasteiger partial charge >= 0.3 is 5.97 Å². The number of aromatic nitrogens is 1. The summed E-state index contributed by atoms with van der Waals surface area (Å²) in [6.45, 7) is 1.94. The van der Waals surface area contributed by atoms with Gasteiger partial charge in [-0.25, -0.2) is 4.79 Å².